The van der Waals surface area contributed by atoms with Gasteiger partial charge in [0.1, 0.15) is 11.3 Å². The van der Waals surface area contributed by atoms with E-state index in [1.165, 1.54) is 36.9 Å². The number of carbonyl (C=O) groups excluding carboxylic acids is 2. The molecule has 0 saturated heterocycles. The molecule has 126 valence electrons. The lowest BCUT2D eigenvalue weighted by Crippen LogP contribution is -2.20. The number of nitrogens with one attached hydrogen (secondary N) is 1. The van der Waals surface area contributed by atoms with Crippen molar-refractivity contribution in [2.24, 2.45) is 5.73 Å². The SMILES string of the molecule is NC(=O)c1c(C2CCCCC2)csc1NC(=O)Cc1cncnc1. The summed E-state index contributed by atoms with van der Waals surface area (Å²) >= 11 is 1.37. The topological polar surface area (TPSA) is 98.0 Å². The van der Waals surface area contributed by atoms with E-state index in [0.717, 1.165) is 24.0 Å². The average molecular weight is 344 g/mol. The second-order valence-corrected chi connectivity index (χ2v) is 6.95. The van der Waals surface area contributed by atoms with Crippen LogP contribution in [0.4, 0.5) is 5.00 Å². The van der Waals surface area contributed by atoms with Crippen molar-refractivity contribution in [2.45, 2.75) is 44.4 Å². The third-order valence-corrected chi connectivity index (χ3v) is 5.26. The Morgan fingerprint density at radius 1 is 1.21 bits per heavy atom. The highest BCUT2D eigenvalue weighted by Crippen LogP contribution is 2.39. The number of aromatic nitrogens is 2. The molecule has 0 spiro atoms. The molecule has 2 aromatic rings. The van der Waals surface area contributed by atoms with Crippen LogP contribution >= 0.6 is 11.3 Å². The van der Waals surface area contributed by atoms with Gasteiger partial charge in [-0.05, 0) is 35.3 Å². The molecule has 2 heterocycles. The summed E-state index contributed by atoms with van der Waals surface area (Å²) in [6.45, 7) is 0. The maximum absolute atomic E-state index is 12.2. The highest BCUT2D eigenvalue weighted by Gasteiger charge is 2.25. The Bertz CT molecular complexity index is 723. The van der Waals surface area contributed by atoms with Crippen LogP contribution in [0.25, 0.3) is 0 Å². The average Bonchev–Trinajstić information content (AvgIpc) is 3.00. The van der Waals surface area contributed by atoms with Crippen molar-refractivity contribution in [2.75, 3.05) is 5.32 Å². The summed E-state index contributed by atoms with van der Waals surface area (Å²) in [5.41, 5.74) is 7.78. The zero-order valence-corrected chi connectivity index (χ0v) is 14.1. The lowest BCUT2D eigenvalue weighted by molar-refractivity contribution is -0.115. The molecule has 1 fully saturated rings. The Balaban J connectivity index is 1.76. The van der Waals surface area contributed by atoms with Crippen LogP contribution < -0.4 is 11.1 Å². The molecule has 1 saturated carbocycles. The first-order chi connectivity index (χ1) is 11.6. The van der Waals surface area contributed by atoms with Crippen molar-refractivity contribution in [3.05, 3.63) is 40.8 Å². The monoisotopic (exact) mass is 344 g/mol. The fraction of sp³-hybridized carbons (Fsp3) is 0.412. The summed E-state index contributed by atoms with van der Waals surface area (Å²) in [6.07, 6.45) is 10.5. The molecule has 24 heavy (non-hydrogen) atoms. The van der Waals surface area contributed by atoms with Gasteiger partial charge in [0.15, 0.2) is 0 Å². The summed E-state index contributed by atoms with van der Waals surface area (Å²) < 4.78 is 0. The molecule has 0 unspecified atom stereocenters. The Morgan fingerprint density at radius 2 is 1.92 bits per heavy atom. The van der Waals surface area contributed by atoms with Crippen LogP contribution in [0.5, 0.6) is 0 Å². The van der Waals surface area contributed by atoms with Gasteiger partial charge in [-0.15, -0.1) is 11.3 Å². The Labute approximate surface area is 144 Å². The number of amides is 2. The van der Waals surface area contributed by atoms with Crippen molar-refractivity contribution in [3.8, 4) is 0 Å². The number of primary amides is 1. The minimum absolute atomic E-state index is 0.162. The Morgan fingerprint density at radius 3 is 2.58 bits per heavy atom. The zero-order valence-electron chi connectivity index (χ0n) is 13.3. The molecule has 2 amide bonds. The molecule has 6 nitrogen and oxygen atoms in total. The Kier molecular flexibility index (Phi) is 5.20. The van der Waals surface area contributed by atoms with Gasteiger partial charge < -0.3 is 11.1 Å². The molecule has 0 radical (unpaired) electrons. The van der Waals surface area contributed by atoms with E-state index in [-0.39, 0.29) is 12.3 Å². The van der Waals surface area contributed by atoms with Crippen molar-refractivity contribution in [1.82, 2.24) is 9.97 Å². The fourth-order valence-corrected chi connectivity index (χ4v) is 4.27. The van der Waals surface area contributed by atoms with E-state index in [9.17, 15) is 9.59 Å². The van der Waals surface area contributed by atoms with Crippen LogP contribution in [-0.4, -0.2) is 21.8 Å². The highest BCUT2D eigenvalue weighted by molar-refractivity contribution is 7.15. The van der Waals surface area contributed by atoms with Crippen LogP contribution in [0.2, 0.25) is 0 Å². The predicted molar refractivity (Wildman–Crippen MR) is 93.0 cm³/mol. The minimum atomic E-state index is -0.477. The van der Waals surface area contributed by atoms with Crippen LogP contribution in [0.1, 0.15) is 59.5 Å². The van der Waals surface area contributed by atoms with Crippen LogP contribution in [0.3, 0.4) is 0 Å². The third-order valence-electron chi connectivity index (χ3n) is 4.34. The fourth-order valence-electron chi connectivity index (χ4n) is 3.21. The molecule has 1 aliphatic carbocycles. The van der Waals surface area contributed by atoms with Gasteiger partial charge in [-0.1, -0.05) is 19.3 Å². The van der Waals surface area contributed by atoms with E-state index in [1.807, 2.05) is 5.38 Å². The van der Waals surface area contributed by atoms with E-state index in [4.69, 9.17) is 5.73 Å². The summed E-state index contributed by atoms with van der Waals surface area (Å²) in [5.74, 6) is -0.315. The Hall–Kier alpha value is -2.28. The first kappa shape index (κ1) is 16.6. The number of anilines is 1. The number of hydrogen-bond acceptors (Lipinski definition) is 5. The van der Waals surface area contributed by atoms with E-state index >= 15 is 0 Å². The van der Waals surface area contributed by atoms with Crippen molar-refractivity contribution in [1.29, 1.82) is 0 Å². The van der Waals surface area contributed by atoms with Crippen LogP contribution in [-0.2, 0) is 11.2 Å². The van der Waals surface area contributed by atoms with E-state index in [0.29, 0.717) is 16.5 Å². The van der Waals surface area contributed by atoms with Crippen molar-refractivity contribution < 1.29 is 9.59 Å². The first-order valence-corrected chi connectivity index (χ1v) is 8.98. The largest absolute Gasteiger partial charge is 0.365 e. The van der Waals surface area contributed by atoms with Gasteiger partial charge in [-0.2, -0.15) is 0 Å². The number of thiophene rings is 1. The van der Waals surface area contributed by atoms with Gasteiger partial charge in [0.2, 0.25) is 5.91 Å². The lowest BCUT2D eigenvalue weighted by atomic mass is 9.83. The smallest absolute Gasteiger partial charge is 0.251 e. The summed E-state index contributed by atoms with van der Waals surface area (Å²) in [4.78, 5) is 32.0. The number of nitrogens with two attached hydrogens (primary N) is 1. The van der Waals surface area contributed by atoms with Gasteiger partial charge >= 0.3 is 0 Å². The van der Waals surface area contributed by atoms with Gasteiger partial charge in [-0.25, -0.2) is 9.97 Å². The van der Waals surface area contributed by atoms with E-state index < -0.39 is 5.91 Å². The van der Waals surface area contributed by atoms with Gasteiger partial charge in [-0.3, -0.25) is 9.59 Å². The van der Waals surface area contributed by atoms with Gasteiger partial charge in [0.25, 0.3) is 5.91 Å². The quantitative estimate of drug-likeness (QED) is 0.871. The maximum Gasteiger partial charge on any atom is 0.251 e. The third kappa shape index (κ3) is 3.79. The molecule has 0 aromatic carbocycles. The van der Waals surface area contributed by atoms with E-state index in [2.05, 4.69) is 15.3 Å². The molecule has 3 N–H and O–H groups in total. The number of rotatable bonds is 5. The van der Waals surface area contributed by atoms with Crippen molar-refractivity contribution in [3.63, 3.8) is 0 Å². The standard InChI is InChI=1S/C17H20N4O2S/c18-16(23)15-13(12-4-2-1-3-5-12)9-24-17(15)21-14(22)6-11-7-19-10-20-8-11/h7-10,12H,1-6H2,(H2,18,23)(H,21,22). The van der Waals surface area contributed by atoms with Crippen LogP contribution in [0, 0.1) is 0 Å². The number of carbonyl (C=O) groups is 2. The molecular weight excluding hydrogens is 324 g/mol. The summed E-state index contributed by atoms with van der Waals surface area (Å²) in [6, 6.07) is 0. The normalized spacial score (nSPS) is 15.2. The first-order valence-electron chi connectivity index (χ1n) is 8.10. The maximum atomic E-state index is 12.2. The van der Waals surface area contributed by atoms with Crippen LogP contribution in [0.15, 0.2) is 24.1 Å². The molecule has 0 atom stereocenters. The second-order valence-electron chi connectivity index (χ2n) is 6.07. The molecule has 2 aromatic heterocycles. The van der Waals surface area contributed by atoms with E-state index in [1.54, 1.807) is 12.4 Å². The second kappa shape index (κ2) is 7.53. The van der Waals surface area contributed by atoms with Crippen molar-refractivity contribution >= 4 is 28.2 Å². The molecule has 1 aliphatic rings. The molecular formula is C17H20N4O2S. The predicted octanol–water partition coefficient (Wildman–Crippen LogP) is 2.87. The van der Waals surface area contributed by atoms with Gasteiger partial charge in [0.05, 0.1) is 12.0 Å². The van der Waals surface area contributed by atoms with Gasteiger partial charge in [0, 0.05) is 12.4 Å². The lowest BCUT2D eigenvalue weighted by Gasteiger charge is -2.21. The highest BCUT2D eigenvalue weighted by atomic mass is 32.1. The zero-order chi connectivity index (χ0) is 16.9. The molecule has 7 heteroatoms. The summed E-state index contributed by atoms with van der Waals surface area (Å²) in [7, 11) is 0. The number of nitrogens with zero attached hydrogens (tertiary/aromatic N) is 2. The minimum Gasteiger partial charge on any atom is -0.365 e. The molecule has 0 bridgehead atoms. The number of hydrogen-bond donors (Lipinski definition) is 2. The molecule has 0 aliphatic heterocycles. The summed E-state index contributed by atoms with van der Waals surface area (Å²) in [5, 5.41) is 5.34. The molecule has 3 rings (SSSR count).